The zero-order valence-electron chi connectivity index (χ0n) is 10.1. The Labute approximate surface area is 92.6 Å². The lowest BCUT2D eigenvalue weighted by molar-refractivity contribution is -0.132. The lowest BCUT2D eigenvalue weighted by atomic mass is 10.1. The molecule has 0 rings (SSSR count). The van der Waals surface area contributed by atoms with E-state index >= 15 is 0 Å². The number of aliphatic carboxylic acids is 1. The highest BCUT2D eigenvalue weighted by Crippen LogP contribution is 2.06. The van der Waals surface area contributed by atoms with E-state index in [-0.39, 0.29) is 0 Å². The van der Waals surface area contributed by atoms with Gasteiger partial charge in [0.2, 0.25) is 0 Å². The van der Waals surface area contributed by atoms with Crippen LogP contribution in [0.3, 0.4) is 0 Å². The molecule has 0 aliphatic carbocycles. The molecule has 2 N–H and O–H groups in total. The summed E-state index contributed by atoms with van der Waals surface area (Å²) in [6.45, 7) is 6.69. The Kier molecular flexibility index (Phi) is 7.78. The predicted molar refractivity (Wildman–Crippen MR) is 62.8 cm³/mol. The van der Waals surface area contributed by atoms with Gasteiger partial charge in [-0.15, -0.1) is 0 Å². The molecule has 0 spiro atoms. The average Bonchev–Trinajstić information content (AvgIpc) is 2.22. The second-order valence-corrected chi connectivity index (χ2v) is 3.75. The minimum Gasteiger partial charge on any atom is -0.478 e. The Morgan fingerprint density at radius 3 is 2.33 bits per heavy atom. The van der Waals surface area contributed by atoms with Gasteiger partial charge in [-0.1, -0.05) is 33.1 Å². The summed E-state index contributed by atoms with van der Waals surface area (Å²) in [5.74, 6) is -0.826. The Morgan fingerprint density at radius 2 is 1.87 bits per heavy atom. The van der Waals surface area contributed by atoms with Crippen molar-refractivity contribution in [2.45, 2.75) is 52.9 Å². The van der Waals surface area contributed by atoms with Crippen LogP contribution in [0.15, 0.2) is 11.3 Å². The van der Waals surface area contributed by atoms with Gasteiger partial charge in [0.05, 0.1) is 5.57 Å². The number of rotatable bonds is 8. The highest BCUT2D eigenvalue weighted by molar-refractivity contribution is 5.86. The third-order valence-corrected chi connectivity index (χ3v) is 2.50. The van der Waals surface area contributed by atoms with Crippen molar-refractivity contribution in [3.63, 3.8) is 0 Å². The summed E-state index contributed by atoms with van der Waals surface area (Å²) < 4.78 is 0. The van der Waals surface area contributed by atoms with Crippen LogP contribution in [0.4, 0.5) is 0 Å². The molecule has 0 saturated carbocycles. The molecule has 0 aromatic carbocycles. The van der Waals surface area contributed by atoms with Gasteiger partial charge in [-0.05, 0) is 19.8 Å². The zero-order chi connectivity index (χ0) is 11.7. The van der Waals surface area contributed by atoms with Gasteiger partial charge in [0, 0.05) is 12.2 Å². The monoisotopic (exact) mass is 213 g/mol. The third-order valence-electron chi connectivity index (χ3n) is 2.50. The van der Waals surface area contributed by atoms with Crippen molar-refractivity contribution >= 4 is 5.97 Å². The molecule has 0 aliphatic heterocycles. The van der Waals surface area contributed by atoms with E-state index in [0.29, 0.717) is 5.57 Å². The number of unbranched alkanes of at least 4 members (excludes halogenated alkanes) is 3. The Balaban J connectivity index is 3.91. The molecule has 0 radical (unpaired) electrons. The minimum atomic E-state index is -0.826. The van der Waals surface area contributed by atoms with Crippen LogP contribution < -0.4 is 5.32 Å². The fourth-order valence-corrected chi connectivity index (χ4v) is 1.44. The number of allylic oxidation sites excluding steroid dienone is 1. The fraction of sp³-hybridized carbons (Fsp3) is 0.750. The molecule has 0 aromatic rings. The number of nitrogens with one attached hydrogen (secondary N) is 1. The first-order chi connectivity index (χ1) is 7.13. The van der Waals surface area contributed by atoms with Gasteiger partial charge in [0.25, 0.3) is 0 Å². The summed E-state index contributed by atoms with van der Waals surface area (Å²) in [7, 11) is 0. The van der Waals surface area contributed by atoms with Crippen LogP contribution in [-0.2, 0) is 4.79 Å². The van der Waals surface area contributed by atoms with Gasteiger partial charge in [0.15, 0.2) is 0 Å². The SMILES string of the molecule is CCCCCCN/C(CC)=C(\C)C(=O)O. The van der Waals surface area contributed by atoms with Gasteiger partial charge in [-0.2, -0.15) is 0 Å². The van der Waals surface area contributed by atoms with Crippen LogP contribution in [0.2, 0.25) is 0 Å². The zero-order valence-corrected chi connectivity index (χ0v) is 10.1. The van der Waals surface area contributed by atoms with E-state index in [0.717, 1.165) is 25.1 Å². The summed E-state index contributed by atoms with van der Waals surface area (Å²) in [6.07, 6.45) is 5.57. The van der Waals surface area contributed by atoms with Crippen molar-refractivity contribution in [2.24, 2.45) is 0 Å². The van der Waals surface area contributed by atoms with Crippen LogP contribution in [0, 0.1) is 0 Å². The molecule has 0 aliphatic rings. The maximum Gasteiger partial charge on any atom is 0.333 e. The minimum absolute atomic E-state index is 0.438. The number of carboxylic acid groups (broad SMARTS) is 1. The number of carbonyl (C=O) groups is 1. The third kappa shape index (κ3) is 6.15. The molecule has 0 unspecified atom stereocenters. The molecule has 0 bridgehead atoms. The van der Waals surface area contributed by atoms with Crippen molar-refractivity contribution < 1.29 is 9.90 Å². The molecule has 0 atom stereocenters. The molecule has 0 amide bonds. The van der Waals surface area contributed by atoms with Crippen molar-refractivity contribution in [3.05, 3.63) is 11.3 Å². The van der Waals surface area contributed by atoms with Gasteiger partial charge >= 0.3 is 5.97 Å². The van der Waals surface area contributed by atoms with Gasteiger partial charge < -0.3 is 10.4 Å². The summed E-state index contributed by atoms with van der Waals surface area (Å²) >= 11 is 0. The van der Waals surface area contributed by atoms with E-state index in [4.69, 9.17) is 5.11 Å². The molecule has 3 nitrogen and oxygen atoms in total. The summed E-state index contributed by atoms with van der Waals surface area (Å²) in [5, 5.41) is 12.0. The molecule has 0 heterocycles. The quantitative estimate of drug-likeness (QED) is 0.481. The first-order valence-corrected chi connectivity index (χ1v) is 5.80. The van der Waals surface area contributed by atoms with Crippen LogP contribution in [0.25, 0.3) is 0 Å². The Bertz CT molecular complexity index is 222. The molecule has 88 valence electrons. The lowest BCUT2D eigenvalue weighted by Crippen LogP contribution is -2.18. The van der Waals surface area contributed by atoms with E-state index in [1.807, 2.05) is 6.92 Å². The van der Waals surface area contributed by atoms with Crippen LogP contribution in [0.5, 0.6) is 0 Å². The van der Waals surface area contributed by atoms with E-state index in [1.54, 1.807) is 6.92 Å². The van der Waals surface area contributed by atoms with Gasteiger partial charge in [0.1, 0.15) is 0 Å². The molecular formula is C12H23NO2. The standard InChI is InChI=1S/C12H23NO2/c1-4-6-7-8-9-13-11(5-2)10(3)12(14)15/h13H,4-9H2,1-3H3,(H,14,15)/b11-10+. The molecule has 0 aromatic heterocycles. The van der Waals surface area contributed by atoms with Gasteiger partial charge in [-0.3, -0.25) is 0 Å². The maximum atomic E-state index is 10.7. The van der Waals surface area contributed by atoms with Crippen molar-refractivity contribution in [2.75, 3.05) is 6.54 Å². The van der Waals surface area contributed by atoms with Crippen LogP contribution >= 0.6 is 0 Å². The average molecular weight is 213 g/mol. The first-order valence-electron chi connectivity index (χ1n) is 5.80. The van der Waals surface area contributed by atoms with E-state index in [9.17, 15) is 4.79 Å². The van der Waals surface area contributed by atoms with Crippen LogP contribution in [-0.4, -0.2) is 17.6 Å². The van der Waals surface area contributed by atoms with E-state index in [2.05, 4.69) is 12.2 Å². The topological polar surface area (TPSA) is 49.3 Å². The van der Waals surface area contributed by atoms with Gasteiger partial charge in [-0.25, -0.2) is 4.79 Å². The summed E-state index contributed by atoms with van der Waals surface area (Å²) in [6, 6.07) is 0. The summed E-state index contributed by atoms with van der Waals surface area (Å²) in [4.78, 5) is 10.7. The molecular weight excluding hydrogens is 190 g/mol. The number of hydrogen-bond donors (Lipinski definition) is 2. The molecule has 15 heavy (non-hydrogen) atoms. The predicted octanol–water partition coefficient (Wildman–Crippen LogP) is 2.92. The maximum absolute atomic E-state index is 10.7. The molecule has 0 saturated heterocycles. The smallest absolute Gasteiger partial charge is 0.333 e. The summed E-state index contributed by atoms with van der Waals surface area (Å²) in [5.41, 5.74) is 1.30. The Hall–Kier alpha value is -0.990. The normalized spacial score (nSPS) is 12.2. The fourth-order valence-electron chi connectivity index (χ4n) is 1.44. The number of carboxylic acids is 1. The second kappa shape index (κ2) is 8.33. The van der Waals surface area contributed by atoms with Crippen molar-refractivity contribution in [1.82, 2.24) is 5.32 Å². The first kappa shape index (κ1) is 14.0. The molecule has 0 fully saturated rings. The van der Waals surface area contributed by atoms with E-state index < -0.39 is 5.97 Å². The Morgan fingerprint density at radius 1 is 1.20 bits per heavy atom. The second-order valence-electron chi connectivity index (χ2n) is 3.75. The van der Waals surface area contributed by atoms with E-state index in [1.165, 1.54) is 19.3 Å². The lowest BCUT2D eigenvalue weighted by Gasteiger charge is -2.10. The highest BCUT2D eigenvalue weighted by atomic mass is 16.4. The number of hydrogen-bond acceptors (Lipinski definition) is 2. The van der Waals surface area contributed by atoms with Crippen molar-refractivity contribution in [1.29, 1.82) is 0 Å². The van der Waals surface area contributed by atoms with Crippen molar-refractivity contribution in [3.8, 4) is 0 Å². The largest absolute Gasteiger partial charge is 0.478 e. The highest BCUT2D eigenvalue weighted by Gasteiger charge is 2.06. The van der Waals surface area contributed by atoms with Crippen LogP contribution in [0.1, 0.15) is 52.9 Å². The molecule has 3 heteroatoms.